The van der Waals surface area contributed by atoms with E-state index >= 15 is 0 Å². The molecule has 1 saturated heterocycles. The molecule has 2 amide bonds. The van der Waals surface area contributed by atoms with Crippen LogP contribution in [-0.2, 0) is 0 Å². The smallest absolute Gasteiger partial charge is 0.317 e. The van der Waals surface area contributed by atoms with Crippen molar-refractivity contribution in [1.82, 2.24) is 10.2 Å². The molecule has 1 aliphatic heterocycles. The number of urea groups is 1. The van der Waals surface area contributed by atoms with E-state index in [2.05, 4.69) is 5.32 Å². The van der Waals surface area contributed by atoms with E-state index in [1.54, 1.807) is 0 Å². The van der Waals surface area contributed by atoms with Crippen LogP contribution in [0.4, 0.5) is 4.79 Å². The van der Waals surface area contributed by atoms with Crippen molar-refractivity contribution in [3.8, 4) is 0 Å². The number of carbonyl (C=O) groups excluding carboxylic acids is 1. The van der Waals surface area contributed by atoms with Crippen molar-refractivity contribution in [1.29, 1.82) is 0 Å². The minimum absolute atomic E-state index is 0.0925. The highest BCUT2D eigenvalue weighted by Crippen LogP contribution is 2.17. The van der Waals surface area contributed by atoms with Gasteiger partial charge in [-0.3, -0.25) is 0 Å². The molecule has 1 saturated carbocycles. The van der Waals surface area contributed by atoms with Crippen LogP contribution in [0.2, 0.25) is 0 Å². The molecule has 1 aliphatic carbocycles. The van der Waals surface area contributed by atoms with Gasteiger partial charge in [-0.2, -0.15) is 0 Å². The molecule has 2 rings (SSSR count). The van der Waals surface area contributed by atoms with Crippen molar-refractivity contribution in [2.45, 2.75) is 50.6 Å². The second kappa shape index (κ2) is 4.84. The molecule has 2 fully saturated rings. The van der Waals surface area contributed by atoms with Gasteiger partial charge in [0.05, 0.1) is 0 Å². The van der Waals surface area contributed by atoms with Gasteiger partial charge in [-0.1, -0.05) is 12.8 Å². The zero-order valence-corrected chi connectivity index (χ0v) is 9.24. The third-order valence-electron chi connectivity index (χ3n) is 3.52. The summed E-state index contributed by atoms with van der Waals surface area (Å²) in [6.07, 6.45) is 6.77. The van der Waals surface area contributed by atoms with Crippen LogP contribution in [0, 0.1) is 0 Å². The largest absolute Gasteiger partial charge is 0.334 e. The van der Waals surface area contributed by atoms with E-state index < -0.39 is 0 Å². The van der Waals surface area contributed by atoms with Gasteiger partial charge in [-0.25, -0.2) is 4.79 Å². The van der Waals surface area contributed by atoms with Crippen LogP contribution < -0.4 is 11.1 Å². The minimum atomic E-state index is 0.0925. The summed E-state index contributed by atoms with van der Waals surface area (Å²) in [4.78, 5) is 13.7. The molecule has 4 nitrogen and oxygen atoms in total. The number of likely N-dealkylation sites (tertiary alicyclic amines) is 1. The molecule has 86 valence electrons. The van der Waals surface area contributed by atoms with Crippen LogP contribution in [-0.4, -0.2) is 36.1 Å². The molecule has 0 aromatic rings. The highest BCUT2D eigenvalue weighted by molar-refractivity contribution is 5.74. The van der Waals surface area contributed by atoms with Gasteiger partial charge < -0.3 is 16.0 Å². The molecule has 2 atom stereocenters. The molecule has 3 N–H and O–H groups in total. The number of hydrogen-bond acceptors (Lipinski definition) is 2. The molecule has 0 unspecified atom stereocenters. The molecule has 2 aliphatic rings. The predicted octanol–water partition coefficient (Wildman–Crippen LogP) is 1.06. The summed E-state index contributed by atoms with van der Waals surface area (Å²) in [6.45, 7) is 1.82. The molecule has 0 bridgehead atoms. The lowest BCUT2D eigenvalue weighted by Crippen LogP contribution is -2.52. The number of nitrogens with one attached hydrogen (secondary N) is 1. The van der Waals surface area contributed by atoms with Crippen molar-refractivity contribution < 1.29 is 4.79 Å². The van der Waals surface area contributed by atoms with E-state index in [0.29, 0.717) is 0 Å². The predicted molar refractivity (Wildman–Crippen MR) is 59.6 cm³/mol. The maximum atomic E-state index is 11.8. The first-order valence-electron chi connectivity index (χ1n) is 6.08. The van der Waals surface area contributed by atoms with Crippen molar-refractivity contribution in [3.63, 3.8) is 0 Å². The first-order chi connectivity index (χ1) is 7.27. The van der Waals surface area contributed by atoms with Crippen molar-refractivity contribution in [2.75, 3.05) is 13.1 Å². The standard InChI is InChI=1S/C11H21N3O/c12-9-5-1-2-6-10(9)13-11(15)14-7-3-4-8-14/h9-10H,1-8,12H2,(H,13,15)/t9-,10-/m1/s1. The highest BCUT2D eigenvalue weighted by atomic mass is 16.2. The van der Waals surface area contributed by atoms with Gasteiger partial charge in [0.2, 0.25) is 0 Å². The quantitative estimate of drug-likeness (QED) is 0.681. The van der Waals surface area contributed by atoms with Crippen LogP contribution in [0.25, 0.3) is 0 Å². The topological polar surface area (TPSA) is 58.4 Å². The number of amides is 2. The zero-order chi connectivity index (χ0) is 10.7. The van der Waals surface area contributed by atoms with E-state index in [-0.39, 0.29) is 18.1 Å². The van der Waals surface area contributed by atoms with E-state index in [1.165, 1.54) is 12.8 Å². The SMILES string of the molecule is N[C@@H]1CCCC[C@H]1NC(=O)N1CCCC1. The monoisotopic (exact) mass is 211 g/mol. The number of nitrogens with two attached hydrogens (primary N) is 1. The summed E-state index contributed by atoms with van der Waals surface area (Å²) in [5.41, 5.74) is 5.99. The molecular weight excluding hydrogens is 190 g/mol. The van der Waals surface area contributed by atoms with E-state index in [0.717, 1.165) is 38.8 Å². The van der Waals surface area contributed by atoms with Crippen LogP contribution in [0.3, 0.4) is 0 Å². The maximum absolute atomic E-state index is 11.8. The minimum Gasteiger partial charge on any atom is -0.334 e. The zero-order valence-electron chi connectivity index (χ0n) is 9.24. The summed E-state index contributed by atoms with van der Waals surface area (Å²) in [5.74, 6) is 0. The Morgan fingerprint density at radius 2 is 1.80 bits per heavy atom. The number of hydrogen-bond donors (Lipinski definition) is 2. The van der Waals surface area contributed by atoms with Crippen molar-refractivity contribution in [3.05, 3.63) is 0 Å². The van der Waals surface area contributed by atoms with Gasteiger partial charge in [-0.15, -0.1) is 0 Å². The third-order valence-corrected chi connectivity index (χ3v) is 3.52. The lowest BCUT2D eigenvalue weighted by atomic mass is 9.91. The molecule has 4 heteroatoms. The lowest BCUT2D eigenvalue weighted by Gasteiger charge is -2.30. The van der Waals surface area contributed by atoms with Gasteiger partial charge in [0.25, 0.3) is 0 Å². The Balaban J connectivity index is 1.81. The molecule has 1 heterocycles. The first-order valence-corrected chi connectivity index (χ1v) is 6.08. The highest BCUT2D eigenvalue weighted by Gasteiger charge is 2.26. The first kappa shape index (κ1) is 10.7. The van der Waals surface area contributed by atoms with Crippen LogP contribution in [0.15, 0.2) is 0 Å². The Morgan fingerprint density at radius 1 is 1.13 bits per heavy atom. The Labute approximate surface area is 91.2 Å². The fourth-order valence-corrected chi connectivity index (χ4v) is 2.51. The summed E-state index contributed by atoms with van der Waals surface area (Å²) in [6, 6.07) is 0.451. The molecule has 0 radical (unpaired) electrons. The number of carbonyl (C=O) groups is 1. The van der Waals surface area contributed by atoms with Gasteiger partial charge in [-0.05, 0) is 25.7 Å². The summed E-state index contributed by atoms with van der Waals surface area (Å²) >= 11 is 0. The maximum Gasteiger partial charge on any atom is 0.317 e. The lowest BCUT2D eigenvalue weighted by molar-refractivity contribution is 0.197. The number of nitrogens with zero attached hydrogens (tertiary/aromatic N) is 1. The average molecular weight is 211 g/mol. The van der Waals surface area contributed by atoms with Crippen LogP contribution >= 0.6 is 0 Å². The Morgan fingerprint density at radius 3 is 2.47 bits per heavy atom. The van der Waals surface area contributed by atoms with E-state index in [9.17, 15) is 4.79 Å². The van der Waals surface area contributed by atoms with Gasteiger partial charge in [0.15, 0.2) is 0 Å². The average Bonchev–Trinajstić information content (AvgIpc) is 2.74. The van der Waals surface area contributed by atoms with E-state index in [4.69, 9.17) is 5.73 Å². The van der Waals surface area contributed by atoms with Crippen LogP contribution in [0.5, 0.6) is 0 Å². The summed E-state index contributed by atoms with van der Waals surface area (Å²) in [7, 11) is 0. The summed E-state index contributed by atoms with van der Waals surface area (Å²) < 4.78 is 0. The van der Waals surface area contributed by atoms with Gasteiger partial charge in [0.1, 0.15) is 0 Å². The molecule has 15 heavy (non-hydrogen) atoms. The molecule has 0 aromatic heterocycles. The molecule has 0 aromatic carbocycles. The summed E-state index contributed by atoms with van der Waals surface area (Å²) in [5, 5.41) is 3.07. The number of rotatable bonds is 1. The van der Waals surface area contributed by atoms with Gasteiger partial charge >= 0.3 is 6.03 Å². The Hall–Kier alpha value is -0.770. The van der Waals surface area contributed by atoms with E-state index in [1.807, 2.05) is 4.90 Å². The Kier molecular flexibility index (Phi) is 3.46. The van der Waals surface area contributed by atoms with Gasteiger partial charge in [0, 0.05) is 25.2 Å². The second-order valence-corrected chi connectivity index (χ2v) is 4.70. The van der Waals surface area contributed by atoms with Crippen LogP contribution in [0.1, 0.15) is 38.5 Å². The normalized spacial score (nSPS) is 31.7. The second-order valence-electron chi connectivity index (χ2n) is 4.70. The van der Waals surface area contributed by atoms with Crippen molar-refractivity contribution in [2.24, 2.45) is 5.73 Å². The Bertz CT molecular complexity index is 226. The fourth-order valence-electron chi connectivity index (χ4n) is 2.51. The molecular formula is C11H21N3O. The van der Waals surface area contributed by atoms with Crippen molar-refractivity contribution >= 4 is 6.03 Å². The fraction of sp³-hybridized carbons (Fsp3) is 0.909. The molecule has 0 spiro atoms. The third kappa shape index (κ3) is 2.62.